The minimum Gasteiger partial charge on any atom is -0.497 e. The van der Waals surface area contributed by atoms with E-state index < -0.39 is 0 Å². The Labute approximate surface area is 174 Å². The first-order chi connectivity index (χ1) is 14.4. The average molecular weight is 412 g/mol. The van der Waals surface area contributed by atoms with Gasteiger partial charge in [-0.2, -0.15) is 0 Å². The molecule has 0 amide bonds. The van der Waals surface area contributed by atoms with Gasteiger partial charge in [0.25, 0.3) is 5.56 Å². The van der Waals surface area contributed by atoms with Crippen LogP contribution >= 0.6 is 0 Å². The summed E-state index contributed by atoms with van der Waals surface area (Å²) >= 11 is 0. The van der Waals surface area contributed by atoms with Gasteiger partial charge in [0.05, 0.1) is 13.7 Å². The summed E-state index contributed by atoms with van der Waals surface area (Å²) in [6, 6.07) is 8.13. The standard InChI is InChI=1S/C21H28N6O3/c1-5-27-17(22-19-18(27)20(28)24(3)21(29)23(19)2)14-25-10-12-26(13-11-25)15-6-8-16(30-4)9-7-15/h6-9H,5,10-14H2,1-4H3. The van der Waals surface area contributed by atoms with Crippen LogP contribution in [0.15, 0.2) is 33.9 Å². The number of anilines is 1. The Morgan fingerprint density at radius 2 is 1.67 bits per heavy atom. The van der Waals surface area contributed by atoms with Gasteiger partial charge in [-0.3, -0.25) is 18.8 Å². The van der Waals surface area contributed by atoms with Gasteiger partial charge in [0.1, 0.15) is 11.6 Å². The fourth-order valence-corrected chi connectivity index (χ4v) is 4.11. The second-order valence-electron chi connectivity index (χ2n) is 7.61. The topological polar surface area (TPSA) is 77.5 Å². The largest absolute Gasteiger partial charge is 0.497 e. The van der Waals surface area contributed by atoms with Crippen LogP contribution in [0.3, 0.4) is 0 Å². The Balaban J connectivity index is 1.54. The second kappa shape index (κ2) is 7.98. The molecule has 160 valence electrons. The highest BCUT2D eigenvalue weighted by atomic mass is 16.5. The molecule has 0 aliphatic carbocycles. The van der Waals surface area contributed by atoms with E-state index in [1.165, 1.54) is 17.3 Å². The molecule has 2 aromatic heterocycles. The lowest BCUT2D eigenvalue weighted by Gasteiger charge is -2.36. The average Bonchev–Trinajstić information content (AvgIpc) is 3.15. The summed E-state index contributed by atoms with van der Waals surface area (Å²) in [5.41, 5.74) is 1.49. The predicted octanol–water partition coefficient (Wildman–Crippen LogP) is 0.784. The van der Waals surface area contributed by atoms with Crippen LogP contribution in [0.2, 0.25) is 0 Å². The molecule has 0 unspecified atom stereocenters. The molecule has 1 aliphatic heterocycles. The number of imidazole rings is 1. The lowest BCUT2D eigenvalue weighted by atomic mass is 10.2. The van der Waals surface area contributed by atoms with E-state index in [9.17, 15) is 9.59 Å². The number of aromatic nitrogens is 4. The summed E-state index contributed by atoms with van der Waals surface area (Å²) in [6.45, 7) is 6.90. The van der Waals surface area contributed by atoms with Gasteiger partial charge < -0.3 is 14.2 Å². The molecule has 1 fully saturated rings. The van der Waals surface area contributed by atoms with Gasteiger partial charge in [-0.25, -0.2) is 9.78 Å². The van der Waals surface area contributed by atoms with Crippen LogP contribution in [-0.2, 0) is 27.2 Å². The molecule has 0 atom stereocenters. The lowest BCUT2D eigenvalue weighted by Crippen LogP contribution is -2.46. The van der Waals surface area contributed by atoms with Crippen molar-refractivity contribution < 1.29 is 4.74 Å². The zero-order valence-electron chi connectivity index (χ0n) is 18.0. The van der Waals surface area contributed by atoms with Crippen LogP contribution in [0.25, 0.3) is 11.2 Å². The minimum atomic E-state index is -0.354. The number of aryl methyl sites for hydroxylation is 2. The molecule has 4 rings (SSSR count). The van der Waals surface area contributed by atoms with Gasteiger partial charge in [0.2, 0.25) is 0 Å². The molecule has 0 bridgehead atoms. The van der Waals surface area contributed by atoms with Crippen LogP contribution in [0.4, 0.5) is 5.69 Å². The Hall–Kier alpha value is -3.07. The third kappa shape index (κ3) is 3.39. The van der Waals surface area contributed by atoms with Crippen molar-refractivity contribution in [1.29, 1.82) is 0 Å². The number of methoxy groups -OCH3 is 1. The molecule has 1 aromatic carbocycles. The van der Waals surface area contributed by atoms with Gasteiger partial charge in [-0.05, 0) is 31.2 Å². The van der Waals surface area contributed by atoms with E-state index in [1.807, 2.05) is 23.6 Å². The summed E-state index contributed by atoms with van der Waals surface area (Å²) in [6.07, 6.45) is 0. The predicted molar refractivity (Wildman–Crippen MR) is 116 cm³/mol. The van der Waals surface area contributed by atoms with E-state index in [0.717, 1.165) is 42.3 Å². The lowest BCUT2D eigenvalue weighted by molar-refractivity contribution is 0.241. The summed E-state index contributed by atoms with van der Waals surface area (Å²) < 4.78 is 9.77. The zero-order chi connectivity index (χ0) is 21.4. The van der Waals surface area contributed by atoms with E-state index in [4.69, 9.17) is 4.74 Å². The quantitative estimate of drug-likeness (QED) is 0.617. The molecule has 0 radical (unpaired) electrons. The number of ether oxygens (including phenoxy) is 1. The number of rotatable bonds is 5. The fourth-order valence-electron chi connectivity index (χ4n) is 4.11. The summed E-state index contributed by atoms with van der Waals surface area (Å²) in [5.74, 6) is 1.68. The molecule has 0 N–H and O–H groups in total. The molecule has 3 aromatic rings. The number of hydrogen-bond donors (Lipinski definition) is 0. The van der Waals surface area contributed by atoms with Crippen molar-refractivity contribution in [3.05, 3.63) is 50.9 Å². The van der Waals surface area contributed by atoms with Crippen molar-refractivity contribution in [2.24, 2.45) is 14.1 Å². The maximum atomic E-state index is 12.7. The molecule has 9 heteroatoms. The first kappa shape index (κ1) is 20.2. The maximum absolute atomic E-state index is 12.7. The first-order valence-corrected chi connectivity index (χ1v) is 10.2. The van der Waals surface area contributed by atoms with Crippen LogP contribution in [0.5, 0.6) is 5.75 Å². The Bertz CT molecular complexity index is 1170. The molecule has 0 saturated carbocycles. The number of piperazine rings is 1. The van der Waals surface area contributed by atoms with Gasteiger partial charge in [0, 0.05) is 52.5 Å². The van der Waals surface area contributed by atoms with E-state index in [1.54, 1.807) is 14.2 Å². The van der Waals surface area contributed by atoms with Crippen molar-refractivity contribution in [2.45, 2.75) is 20.0 Å². The van der Waals surface area contributed by atoms with Crippen LogP contribution in [0, 0.1) is 0 Å². The van der Waals surface area contributed by atoms with E-state index in [2.05, 4.69) is 26.9 Å². The third-order valence-electron chi connectivity index (χ3n) is 5.92. The summed E-state index contributed by atoms with van der Waals surface area (Å²) in [7, 11) is 4.84. The SMILES string of the molecule is CCn1c(CN2CCN(c3ccc(OC)cc3)CC2)nc2c1c(=O)n(C)c(=O)n2C. The van der Waals surface area contributed by atoms with E-state index >= 15 is 0 Å². The molecule has 1 saturated heterocycles. The smallest absolute Gasteiger partial charge is 0.332 e. The van der Waals surface area contributed by atoms with Crippen LogP contribution in [-0.4, -0.2) is 56.9 Å². The molecular formula is C21H28N6O3. The minimum absolute atomic E-state index is 0.293. The number of nitrogens with zero attached hydrogens (tertiary/aromatic N) is 6. The molecular weight excluding hydrogens is 384 g/mol. The Morgan fingerprint density at radius 1 is 1.00 bits per heavy atom. The Kier molecular flexibility index (Phi) is 5.38. The van der Waals surface area contributed by atoms with Gasteiger partial charge in [-0.15, -0.1) is 0 Å². The second-order valence-corrected chi connectivity index (χ2v) is 7.61. The van der Waals surface area contributed by atoms with Crippen molar-refractivity contribution in [3.8, 4) is 5.75 Å². The molecule has 3 heterocycles. The normalized spacial score (nSPS) is 15.1. The third-order valence-corrected chi connectivity index (χ3v) is 5.92. The zero-order valence-corrected chi connectivity index (χ0v) is 18.0. The van der Waals surface area contributed by atoms with Crippen molar-refractivity contribution in [2.75, 3.05) is 38.2 Å². The molecule has 0 spiro atoms. The fraction of sp³-hybridized carbons (Fsp3) is 0.476. The van der Waals surface area contributed by atoms with Gasteiger partial charge >= 0.3 is 5.69 Å². The van der Waals surface area contributed by atoms with Crippen molar-refractivity contribution >= 4 is 16.9 Å². The number of benzene rings is 1. The number of fused-ring (bicyclic) bond motifs is 1. The highest BCUT2D eigenvalue weighted by molar-refractivity contribution is 5.71. The van der Waals surface area contributed by atoms with Gasteiger partial charge in [0.15, 0.2) is 11.2 Å². The molecule has 9 nitrogen and oxygen atoms in total. The maximum Gasteiger partial charge on any atom is 0.332 e. The number of hydrogen-bond acceptors (Lipinski definition) is 6. The first-order valence-electron chi connectivity index (χ1n) is 10.2. The summed E-state index contributed by atoms with van der Waals surface area (Å²) in [5, 5.41) is 0. The molecule has 30 heavy (non-hydrogen) atoms. The van der Waals surface area contributed by atoms with Crippen molar-refractivity contribution in [1.82, 2.24) is 23.6 Å². The highest BCUT2D eigenvalue weighted by Gasteiger charge is 2.22. The highest BCUT2D eigenvalue weighted by Crippen LogP contribution is 2.21. The van der Waals surface area contributed by atoms with Crippen LogP contribution < -0.4 is 20.9 Å². The monoisotopic (exact) mass is 412 g/mol. The summed E-state index contributed by atoms with van der Waals surface area (Å²) in [4.78, 5) is 34.3. The van der Waals surface area contributed by atoms with Crippen molar-refractivity contribution in [3.63, 3.8) is 0 Å². The van der Waals surface area contributed by atoms with E-state index in [0.29, 0.717) is 24.3 Å². The van der Waals surface area contributed by atoms with E-state index in [-0.39, 0.29) is 11.2 Å². The van der Waals surface area contributed by atoms with Gasteiger partial charge in [-0.1, -0.05) is 0 Å². The molecule has 1 aliphatic rings. The van der Waals surface area contributed by atoms with Crippen LogP contribution in [0.1, 0.15) is 12.7 Å². The Morgan fingerprint density at radius 3 is 2.27 bits per heavy atom.